The Kier molecular flexibility index (Phi) is 5.08. The van der Waals surface area contributed by atoms with Gasteiger partial charge in [0.25, 0.3) is 0 Å². The van der Waals surface area contributed by atoms with Crippen molar-refractivity contribution in [3.05, 3.63) is 11.7 Å². The van der Waals surface area contributed by atoms with Crippen LogP contribution in [-0.4, -0.2) is 24.3 Å². The predicted octanol–water partition coefficient (Wildman–Crippen LogP) is 2.40. The second kappa shape index (κ2) is 6.12. The first-order chi connectivity index (χ1) is 8.17. The summed E-state index contributed by atoms with van der Waals surface area (Å²) in [5, 5.41) is 7.22. The highest BCUT2D eigenvalue weighted by molar-refractivity contribution is 5.02. The third-order valence-corrected chi connectivity index (χ3v) is 3.44. The zero-order valence-corrected chi connectivity index (χ0v) is 11.4. The van der Waals surface area contributed by atoms with Gasteiger partial charge in [0.1, 0.15) is 5.60 Å². The van der Waals surface area contributed by atoms with Crippen LogP contribution in [0.2, 0.25) is 0 Å². The lowest BCUT2D eigenvalue weighted by molar-refractivity contribution is -0.0306. The van der Waals surface area contributed by atoms with Gasteiger partial charge in [0.05, 0.1) is 6.04 Å². The van der Waals surface area contributed by atoms with Crippen LogP contribution in [0.1, 0.15) is 57.8 Å². The summed E-state index contributed by atoms with van der Waals surface area (Å²) in [5.41, 5.74) is -0.423. The Morgan fingerprint density at radius 3 is 2.41 bits per heavy atom. The van der Waals surface area contributed by atoms with E-state index in [1.165, 1.54) is 0 Å². The summed E-state index contributed by atoms with van der Waals surface area (Å²) in [5.74, 6) is 1.28. The molecule has 0 bridgehead atoms. The van der Waals surface area contributed by atoms with E-state index in [9.17, 15) is 0 Å². The van der Waals surface area contributed by atoms with Gasteiger partial charge in [0.15, 0.2) is 0 Å². The summed E-state index contributed by atoms with van der Waals surface area (Å²) in [7, 11) is 3.58. The zero-order valence-electron chi connectivity index (χ0n) is 11.4. The lowest BCUT2D eigenvalue weighted by Gasteiger charge is -2.25. The molecular formula is C12H23N3O2. The zero-order chi connectivity index (χ0) is 12.9. The van der Waals surface area contributed by atoms with E-state index in [4.69, 9.17) is 9.26 Å². The highest BCUT2D eigenvalue weighted by Crippen LogP contribution is 2.30. The van der Waals surface area contributed by atoms with Gasteiger partial charge in [-0.3, -0.25) is 0 Å². The maximum Gasteiger partial charge on any atom is 0.243 e. The first-order valence-corrected chi connectivity index (χ1v) is 6.23. The molecular weight excluding hydrogens is 218 g/mol. The van der Waals surface area contributed by atoms with E-state index in [-0.39, 0.29) is 6.04 Å². The molecule has 1 rings (SSSR count). The third kappa shape index (κ3) is 2.66. The molecule has 0 amide bonds. The lowest BCUT2D eigenvalue weighted by Crippen LogP contribution is -2.28. The molecule has 1 N–H and O–H groups in total. The van der Waals surface area contributed by atoms with Gasteiger partial charge in [0, 0.05) is 7.11 Å². The first-order valence-electron chi connectivity index (χ1n) is 6.23. The van der Waals surface area contributed by atoms with Gasteiger partial charge in [0.2, 0.25) is 11.7 Å². The maximum atomic E-state index is 5.58. The molecule has 0 saturated heterocycles. The van der Waals surface area contributed by atoms with E-state index < -0.39 is 5.60 Å². The lowest BCUT2D eigenvalue weighted by atomic mass is 9.96. The van der Waals surface area contributed by atoms with Crippen molar-refractivity contribution in [3.8, 4) is 0 Å². The van der Waals surface area contributed by atoms with Gasteiger partial charge in [-0.05, 0) is 26.3 Å². The van der Waals surface area contributed by atoms with Crippen molar-refractivity contribution in [1.82, 2.24) is 15.5 Å². The fourth-order valence-electron chi connectivity index (χ4n) is 2.01. The standard InChI is InChI=1S/C12H23N3O2/c1-6-9(13-4)10-14-11(15-17-10)12(7-2,8-3)16-5/h9,13H,6-8H2,1-5H3. The summed E-state index contributed by atoms with van der Waals surface area (Å²) in [4.78, 5) is 4.47. The molecule has 0 radical (unpaired) electrons. The highest BCUT2D eigenvalue weighted by atomic mass is 16.5. The number of methoxy groups -OCH3 is 1. The van der Waals surface area contributed by atoms with E-state index in [0.29, 0.717) is 11.7 Å². The molecule has 98 valence electrons. The average Bonchev–Trinajstić information content (AvgIpc) is 2.84. The molecule has 0 spiro atoms. The summed E-state index contributed by atoms with van der Waals surface area (Å²) in [6, 6.07) is 0.111. The Morgan fingerprint density at radius 2 is 2.00 bits per heavy atom. The summed E-state index contributed by atoms with van der Waals surface area (Å²) in [6.07, 6.45) is 2.57. The Hall–Kier alpha value is -0.940. The molecule has 0 aliphatic carbocycles. The molecule has 0 aromatic carbocycles. The van der Waals surface area contributed by atoms with E-state index in [2.05, 4.69) is 36.2 Å². The van der Waals surface area contributed by atoms with Crippen molar-refractivity contribution < 1.29 is 9.26 Å². The normalized spacial score (nSPS) is 13.9. The monoisotopic (exact) mass is 241 g/mol. The number of ether oxygens (including phenoxy) is 1. The number of hydrogen-bond acceptors (Lipinski definition) is 5. The minimum Gasteiger partial charge on any atom is -0.370 e. The quantitative estimate of drug-likeness (QED) is 0.794. The van der Waals surface area contributed by atoms with E-state index in [1.807, 2.05) is 7.05 Å². The topological polar surface area (TPSA) is 60.2 Å². The second-order valence-electron chi connectivity index (χ2n) is 4.11. The van der Waals surface area contributed by atoms with Crippen molar-refractivity contribution in [2.75, 3.05) is 14.2 Å². The first kappa shape index (κ1) is 14.1. The van der Waals surface area contributed by atoms with Crippen molar-refractivity contribution in [3.63, 3.8) is 0 Å². The molecule has 5 heteroatoms. The van der Waals surface area contributed by atoms with Crippen LogP contribution >= 0.6 is 0 Å². The van der Waals surface area contributed by atoms with Crippen LogP contribution in [0.3, 0.4) is 0 Å². The molecule has 0 aliphatic heterocycles. The van der Waals surface area contributed by atoms with Crippen LogP contribution in [0.4, 0.5) is 0 Å². The Labute approximate surface area is 103 Å². The number of nitrogens with zero attached hydrogens (tertiary/aromatic N) is 2. The number of aromatic nitrogens is 2. The predicted molar refractivity (Wildman–Crippen MR) is 65.7 cm³/mol. The SMILES string of the molecule is CCC(NC)c1nc(C(CC)(CC)OC)no1. The fourth-order valence-corrected chi connectivity index (χ4v) is 2.01. The molecule has 1 atom stereocenters. The molecule has 1 aromatic rings. The summed E-state index contributed by atoms with van der Waals surface area (Å²) >= 11 is 0. The average molecular weight is 241 g/mol. The fraction of sp³-hybridized carbons (Fsp3) is 0.833. The van der Waals surface area contributed by atoms with Crippen molar-refractivity contribution in [2.24, 2.45) is 0 Å². The molecule has 17 heavy (non-hydrogen) atoms. The highest BCUT2D eigenvalue weighted by Gasteiger charge is 2.34. The number of rotatable bonds is 7. The van der Waals surface area contributed by atoms with E-state index >= 15 is 0 Å². The third-order valence-electron chi connectivity index (χ3n) is 3.44. The van der Waals surface area contributed by atoms with Crippen LogP contribution < -0.4 is 5.32 Å². The van der Waals surface area contributed by atoms with Crippen molar-refractivity contribution >= 4 is 0 Å². The van der Waals surface area contributed by atoms with Gasteiger partial charge in [-0.25, -0.2) is 0 Å². The van der Waals surface area contributed by atoms with E-state index in [0.717, 1.165) is 19.3 Å². The number of nitrogens with one attached hydrogen (secondary N) is 1. The van der Waals surface area contributed by atoms with E-state index in [1.54, 1.807) is 7.11 Å². The largest absolute Gasteiger partial charge is 0.370 e. The van der Waals surface area contributed by atoms with Crippen LogP contribution in [0, 0.1) is 0 Å². The summed E-state index contributed by atoms with van der Waals surface area (Å²) in [6.45, 7) is 6.21. The molecule has 5 nitrogen and oxygen atoms in total. The molecule has 0 aliphatic rings. The van der Waals surface area contributed by atoms with Crippen LogP contribution in [-0.2, 0) is 10.3 Å². The van der Waals surface area contributed by atoms with Gasteiger partial charge in [-0.2, -0.15) is 4.98 Å². The number of hydrogen-bond donors (Lipinski definition) is 1. The second-order valence-corrected chi connectivity index (χ2v) is 4.11. The molecule has 1 unspecified atom stereocenters. The van der Waals surface area contributed by atoms with Crippen LogP contribution in [0.15, 0.2) is 4.52 Å². The Balaban J connectivity index is 3.00. The smallest absolute Gasteiger partial charge is 0.243 e. The minimum absolute atomic E-state index is 0.111. The van der Waals surface area contributed by atoms with Crippen molar-refractivity contribution in [1.29, 1.82) is 0 Å². The van der Waals surface area contributed by atoms with Gasteiger partial charge >= 0.3 is 0 Å². The molecule has 0 fully saturated rings. The Bertz CT molecular complexity index is 322. The molecule has 1 aromatic heterocycles. The van der Waals surface area contributed by atoms with Gasteiger partial charge in [-0.1, -0.05) is 25.9 Å². The molecule has 1 heterocycles. The van der Waals surface area contributed by atoms with Crippen LogP contribution in [0.25, 0.3) is 0 Å². The van der Waals surface area contributed by atoms with Crippen LogP contribution in [0.5, 0.6) is 0 Å². The summed E-state index contributed by atoms with van der Waals surface area (Å²) < 4.78 is 10.9. The maximum absolute atomic E-state index is 5.58. The van der Waals surface area contributed by atoms with Gasteiger partial charge in [-0.15, -0.1) is 0 Å². The van der Waals surface area contributed by atoms with Crippen molar-refractivity contribution in [2.45, 2.75) is 51.7 Å². The molecule has 0 saturated carbocycles. The minimum atomic E-state index is -0.423. The van der Waals surface area contributed by atoms with Gasteiger partial charge < -0.3 is 14.6 Å². The Morgan fingerprint density at radius 1 is 1.35 bits per heavy atom.